The summed E-state index contributed by atoms with van der Waals surface area (Å²) in [4.78, 5) is 26.9. The molecule has 1 aliphatic carbocycles. The van der Waals surface area contributed by atoms with Crippen LogP contribution >= 0.6 is 0 Å². The van der Waals surface area contributed by atoms with Crippen molar-refractivity contribution in [1.29, 1.82) is 0 Å². The third-order valence-electron chi connectivity index (χ3n) is 4.89. The van der Waals surface area contributed by atoms with Crippen molar-refractivity contribution in [3.63, 3.8) is 0 Å². The van der Waals surface area contributed by atoms with E-state index in [1.54, 1.807) is 12.0 Å². The molecule has 3 unspecified atom stereocenters. The van der Waals surface area contributed by atoms with Gasteiger partial charge in [-0.05, 0) is 32.1 Å². The van der Waals surface area contributed by atoms with Crippen LogP contribution in [0.2, 0.25) is 0 Å². The van der Waals surface area contributed by atoms with Crippen LogP contribution in [0.3, 0.4) is 0 Å². The zero-order valence-corrected chi connectivity index (χ0v) is 13.4. The van der Waals surface area contributed by atoms with Crippen LogP contribution in [0, 0.1) is 5.92 Å². The summed E-state index contributed by atoms with van der Waals surface area (Å²) >= 11 is 0. The number of carbonyl (C=O) groups is 2. The quantitative estimate of drug-likeness (QED) is 0.840. The van der Waals surface area contributed by atoms with Crippen LogP contribution in [0.4, 0.5) is 0 Å². The Balaban J connectivity index is 2.14. The van der Waals surface area contributed by atoms with Crippen molar-refractivity contribution in [2.45, 2.75) is 70.6 Å². The van der Waals surface area contributed by atoms with E-state index in [-0.39, 0.29) is 30.0 Å². The minimum Gasteiger partial charge on any atom is -0.380 e. The van der Waals surface area contributed by atoms with E-state index in [2.05, 4.69) is 5.32 Å². The standard InChI is InChI=1S/C16H28N2O3/c1-4-13-15(19)17-14(12-8-6-5-7-9-12)16(20)18(13)10-11(2)21-3/h11-14H,4-10H2,1-3H3,(H,17,19). The average Bonchev–Trinajstić information content (AvgIpc) is 2.51. The first-order valence-electron chi connectivity index (χ1n) is 8.22. The van der Waals surface area contributed by atoms with Crippen LogP contribution in [-0.2, 0) is 14.3 Å². The SMILES string of the molecule is CCC1C(=O)NC(C2CCCCC2)C(=O)N1CC(C)OC. The number of piperazine rings is 1. The highest BCUT2D eigenvalue weighted by atomic mass is 16.5. The van der Waals surface area contributed by atoms with Crippen LogP contribution in [0.1, 0.15) is 52.4 Å². The molecule has 21 heavy (non-hydrogen) atoms. The van der Waals surface area contributed by atoms with Gasteiger partial charge in [0.2, 0.25) is 11.8 Å². The van der Waals surface area contributed by atoms with Crippen molar-refractivity contribution in [2.75, 3.05) is 13.7 Å². The molecule has 1 heterocycles. The van der Waals surface area contributed by atoms with Crippen LogP contribution < -0.4 is 5.32 Å². The molecule has 1 N–H and O–H groups in total. The molecule has 3 atom stereocenters. The molecule has 5 heteroatoms. The monoisotopic (exact) mass is 296 g/mol. The van der Waals surface area contributed by atoms with E-state index in [4.69, 9.17) is 4.74 Å². The zero-order chi connectivity index (χ0) is 15.4. The molecule has 5 nitrogen and oxygen atoms in total. The van der Waals surface area contributed by atoms with E-state index in [0.717, 1.165) is 25.7 Å². The minimum atomic E-state index is -0.352. The lowest BCUT2D eigenvalue weighted by Crippen LogP contribution is -2.66. The second-order valence-corrected chi connectivity index (χ2v) is 6.35. The highest BCUT2D eigenvalue weighted by molar-refractivity contribution is 5.97. The molecule has 1 saturated heterocycles. The van der Waals surface area contributed by atoms with Crippen LogP contribution in [0.15, 0.2) is 0 Å². The Morgan fingerprint density at radius 2 is 1.95 bits per heavy atom. The third-order valence-corrected chi connectivity index (χ3v) is 4.89. The fraction of sp³-hybridized carbons (Fsp3) is 0.875. The van der Waals surface area contributed by atoms with Gasteiger partial charge in [0.1, 0.15) is 12.1 Å². The number of hydrogen-bond acceptors (Lipinski definition) is 3. The summed E-state index contributed by atoms with van der Waals surface area (Å²) in [5.41, 5.74) is 0. The Bertz CT molecular complexity index is 380. The first kappa shape index (κ1) is 16.3. The molecule has 0 aromatic rings. The summed E-state index contributed by atoms with van der Waals surface area (Å²) in [5.74, 6) is 0.376. The number of hydrogen-bond donors (Lipinski definition) is 1. The molecule has 0 aromatic heterocycles. The zero-order valence-electron chi connectivity index (χ0n) is 13.4. The topological polar surface area (TPSA) is 58.6 Å². The van der Waals surface area contributed by atoms with Gasteiger partial charge in [-0.3, -0.25) is 9.59 Å². The molecule has 2 amide bonds. The normalized spacial score (nSPS) is 29.4. The average molecular weight is 296 g/mol. The van der Waals surface area contributed by atoms with Gasteiger partial charge in [-0.25, -0.2) is 0 Å². The van der Waals surface area contributed by atoms with Gasteiger partial charge < -0.3 is 15.0 Å². The summed E-state index contributed by atoms with van der Waals surface area (Å²) in [5, 5.41) is 2.99. The van der Waals surface area contributed by atoms with Gasteiger partial charge in [-0.15, -0.1) is 0 Å². The van der Waals surface area contributed by atoms with Gasteiger partial charge >= 0.3 is 0 Å². The van der Waals surface area contributed by atoms with Gasteiger partial charge in [0.05, 0.1) is 6.10 Å². The predicted octanol–water partition coefficient (Wildman–Crippen LogP) is 1.71. The first-order valence-corrected chi connectivity index (χ1v) is 8.22. The highest BCUT2D eigenvalue weighted by Gasteiger charge is 2.43. The molecule has 1 saturated carbocycles. The third kappa shape index (κ3) is 3.57. The van der Waals surface area contributed by atoms with Crippen molar-refractivity contribution >= 4 is 11.8 Å². The largest absolute Gasteiger partial charge is 0.380 e. The molecule has 0 bridgehead atoms. The lowest BCUT2D eigenvalue weighted by Gasteiger charge is -2.42. The van der Waals surface area contributed by atoms with E-state index >= 15 is 0 Å². The maximum absolute atomic E-state index is 12.8. The first-order chi connectivity index (χ1) is 10.1. The molecule has 2 rings (SSSR count). The van der Waals surface area contributed by atoms with Gasteiger partial charge in [0, 0.05) is 13.7 Å². The van der Waals surface area contributed by atoms with Crippen molar-refractivity contribution in [1.82, 2.24) is 10.2 Å². The highest BCUT2D eigenvalue weighted by Crippen LogP contribution is 2.29. The second-order valence-electron chi connectivity index (χ2n) is 6.35. The van der Waals surface area contributed by atoms with Crippen molar-refractivity contribution in [3.05, 3.63) is 0 Å². The van der Waals surface area contributed by atoms with Crippen molar-refractivity contribution < 1.29 is 14.3 Å². The van der Waals surface area contributed by atoms with E-state index in [9.17, 15) is 9.59 Å². The number of amides is 2. The molecular formula is C16H28N2O3. The van der Waals surface area contributed by atoms with E-state index < -0.39 is 0 Å². The second kappa shape index (κ2) is 7.25. The molecular weight excluding hydrogens is 268 g/mol. The lowest BCUT2D eigenvalue weighted by atomic mass is 9.82. The summed E-state index contributed by atoms with van der Waals surface area (Å²) in [6.07, 6.45) is 6.24. The number of rotatable bonds is 5. The molecule has 120 valence electrons. The van der Waals surface area contributed by atoms with Crippen LogP contribution in [0.5, 0.6) is 0 Å². The molecule has 1 aliphatic heterocycles. The Morgan fingerprint density at radius 3 is 2.52 bits per heavy atom. The minimum absolute atomic E-state index is 0.00373. The molecule has 0 aromatic carbocycles. The van der Waals surface area contributed by atoms with Gasteiger partial charge in [0.15, 0.2) is 0 Å². The number of ether oxygens (including phenoxy) is 1. The van der Waals surface area contributed by atoms with E-state index in [1.165, 1.54) is 6.42 Å². The summed E-state index contributed by atoms with van der Waals surface area (Å²) < 4.78 is 5.28. The van der Waals surface area contributed by atoms with Gasteiger partial charge in [0.25, 0.3) is 0 Å². The summed E-state index contributed by atoms with van der Waals surface area (Å²) in [6.45, 7) is 4.37. The van der Waals surface area contributed by atoms with E-state index in [0.29, 0.717) is 18.9 Å². The number of nitrogens with zero attached hydrogens (tertiary/aromatic N) is 1. The number of methoxy groups -OCH3 is 1. The number of nitrogens with one attached hydrogen (secondary N) is 1. The smallest absolute Gasteiger partial charge is 0.246 e. The molecule has 2 fully saturated rings. The lowest BCUT2D eigenvalue weighted by molar-refractivity contribution is -0.153. The van der Waals surface area contributed by atoms with Gasteiger partial charge in [-0.1, -0.05) is 26.2 Å². The fourth-order valence-electron chi connectivity index (χ4n) is 3.55. The van der Waals surface area contributed by atoms with E-state index in [1.807, 2.05) is 13.8 Å². The molecule has 0 radical (unpaired) electrons. The Hall–Kier alpha value is -1.10. The summed E-state index contributed by atoms with van der Waals surface area (Å²) in [6, 6.07) is -0.681. The van der Waals surface area contributed by atoms with Gasteiger partial charge in [-0.2, -0.15) is 0 Å². The Morgan fingerprint density at radius 1 is 1.29 bits per heavy atom. The summed E-state index contributed by atoms with van der Waals surface area (Å²) in [7, 11) is 1.64. The maximum Gasteiger partial charge on any atom is 0.246 e. The maximum atomic E-state index is 12.8. The molecule has 0 spiro atoms. The number of carbonyl (C=O) groups excluding carboxylic acids is 2. The Labute approximate surface area is 127 Å². The van der Waals surface area contributed by atoms with Crippen LogP contribution in [-0.4, -0.2) is 48.6 Å². The Kier molecular flexibility index (Phi) is 5.62. The van der Waals surface area contributed by atoms with Crippen molar-refractivity contribution in [3.8, 4) is 0 Å². The fourth-order valence-corrected chi connectivity index (χ4v) is 3.55. The predicted molar refractivity (Wildman–Crippen MR) is 80.8 cm³/mol. The van der Waals surface area contributed by atoms with Crippen LogP contribution in [0.25, 0.3) is 0 Å². The van der Waals surface area contributed by atoms with Crippen molar-refractivity contribution in [2.24, 2.45) is 5.92 Å². The molecule has 2 aliphatic rings.